The van der Waals surface area contributed by atoms with Crippen LogP contribution in [0.4, 0.5) is 18.9 Å². The number of anilines is 1. The molecule has 159 valence electrons. The molecule has 2 heterocycles. The van der Waals surface area contributed by atoms with Gasteiger partial charge >= 0.3 is 11.4 Å². The number of benzene rings is 2. The summed E-state index contributed by atoms with van der Waals surface area (Å²) in [5, 5.41) is 11.3. The molecule has 0 spiro atoms. The van der Waals surface area contributed by atoms with Gasteiger partial charge in [-0.2, -0.15) is 18.2 Å². The van der Waals surface area contributed by atoms with Crippen molar-refractivity contribution in [1.29, 1.82) is 0 Å². The van der Waals surface area contributed by atoms with Crippen molar-refractivity contribution in [3.05, 3.63) is 53.6 Å². The lowest BCUT2D eigenvalue weighted by Gasteiger charge is -2.36. The molecular formula is C22H23F3N3OS. The van der Waals surface area contributed by atoms with Crippen LogP contribution in [0.15, 0.2) is 42.5 Å². The van der Waals surface area contributed by atoms with Crippen LogP contribution in [0.1, 0.15) is 24.0 Å². The summed E-state index contributed by atoms with van der Waals surface area (Å²) in [5.74, 6) is 0. The molecule has 1 aliphatic heterocycles. The molecule has 0 aliphatic carbocycles. The molecular weight excluding hydrogens is 411 g/mol. The summed E-state index contributed by atoms with van der Waals surface area (Å²) < 4.78 is 38.8. The molecule has 0 amide bonds. The monoisotopic (exact) mass is 434 g/mol. The molecule has 1 radical (unpaired) electrons. The SMILES string of the molecule is [O]c1nc2ccc(N3CCN(CCCCc4ccc(C(F)(F)F)cc4)CC3)cc2s1. The second-order valence-electron chi connectivity index (χ2n) is 7.61. The topological polar surface area (TPSA) is 39.3 Å². The van der Waals surface area contributed by atoms with E-state index in [-0.39, 0.29) is 5.19 Å². The van der Waals surface area contributed by atoms with Gasteiger partial charge in [-0.05, 0) is 61.7 Å². The Balaban J connectivity index is 1.19. The number of halogens is 3. The first-order chi connectivity index (χ1) is 14.4. The molecule has 0 bridgehead atoms. The Morgan fingerprint density at radius 2 is 1.70 bits per heavy atom. The molecule has 4 nitrogen and oxygen atoms in total. The fourth-order valence-corrected chi connectivity index (χ4v) is 4.57. The summed E-state index contributed by atoms with van der Waals surface area (Å²) in [5.41, 5.74) is 2.26. The van der Waals surface area contributed by atoms with Gasteiger partial charge in [0.25, 0.3) is 0 Å². The number of thiazole rings is 1. The highest BCUT2D eigenvalue weighted by Gasteiger charge is 2.29. The Morgan fingerprint density at radius 3 is 2.40 bits per heavy atom. The first-order valence-corrected chi connectivity index (χ1v) is 10.9. The first kappa shape index (κ1) is 20.9. The van der Waals surface area contributed by atoms with Crippen molar-refractivity contribution in [2.24, 2.45) is 0 Å². The number of hydrogen-bond donors (Lipinski definition) is 0. The lowest BCUT2D eigenvalue weighted by atomic mass is 10.1. The number of piperazine rings is 1. The minimum Gasteiger partial charge on any atom is -0.369 e. The predicted octanol–water partition coefficient (Wildman–Crippen LogP) is 5.60. The van der Waals surface area contributed by atoms with Gasteiger partial charge in [0.2, 0.25) is 0 Å². The molecule has 1 fully saturated rings. The number of unbranched alkanes of at least 4 members (excludes halogenated alkanes) is 1. The van der Waals surface area contributed by atoms with Crippen molar-refractivity contribution < 1.29 is 18.3 Å². The van der Waals surface area contributed by atoms with Crippen molar-refractivity contribution >= 4 is 27.2 Å². The second kappa shape index (κ2) is 8.81. The largest absolute Gasteiger partial charge is 0.416 e. The highest BCUT2D eigenvalue weighted by molar-refractivity contribution is 7.20. The van der Waals surface area contributed by atoms with Gasteiger partial charge in [0.1, 0.15) is 0 Å². The third kappa shape index (κ3) is 5.05. The smallest absolute Gasteiger partial charge is 0.369 e. The maximum absolute atomic E-state index is 12.6. The van der Waals surface area contributed by atoms with Crippen LogP contribution < -0.4 is 4.90 Å². The number of aryl methyl sites for hydroxylation is 1. The molecule has 0 atom stereocenters. The number of nitrogens with zero attached hydrogens (tertiary/aromatic N) is 3. The van der Waals surface area contributed by atoms with Crippen LogP contribution in [-0.2, 0) is 17.7 Å². The van der Waals surface area contributed by atoms with Crippen molar-refractivity contribution in [2.75, 3.05) is 37.6 Å². The summed E-state index contributed by atoms with van der Waals surface area (Å²) in [6, 6.07) is 11.5. The summed E-state index contributed by atoms with van der Waals surface area (Å²) >= 11 is 1.19. The molecule has 1 saturated heterocycles. The third-order valence-corrected chi connectivity index (χ3v) is 6.37. The molecule has 1 aliphatic rings. The predicted molar refractivity (Wildman–Crippen MR) is 113 cm³/mol. The average molecular weight is 435 g/mol. The van der Waals surface area contributed by atoms with Gasteiger partial charge < -0.3 is 4.90 Å². The average Bonchev–Trinajstić information content (AvgIpc) is 3.10. The van der Waals surface area contributed by atoms with Gasteiger partial charge in [0, 0.05) is 31.9 Å². The molecule has 3 aromatic rings. The first-order valence-electron chi connectivity index (χ1n) is 10.1. The van der Waals surface area contributed by atoms with Gasteiger partial charge in [-0.15, -0.1) is 0 Å². The van der Waals surface area contributed by atoms with E-state index in [0.717, 1.165) is 85.6 Å². The zero-order valence-electron chi connectivity index (χ0n) is 16.5. The molecule has 0 saturated carbocycles. The van der Waals surface area contributed by atoms with Crippen LogP contribution in [0.5, 0.6) is 5.19 Å². The van der Waals surface area contributed by atoms with E-state index in [1.165, 1.54) is 11.3 Å². The van der Waals surface area contributed by atoms with Crippen LogP contribution >= 0.6 is 11.3 Å². The van der Waals surface area contributed by atoms with Crippen molar-refractivity contribution in [1.82, 2.24) is 9.88 Å². The Labute approximate surface area is 177 Å². The highest BCUT2D eigenvalue weighted by Crippen LogP contribution is 2.31. The van der Waals surface area contributed by atoms with Crippen LogP contribution in [-0.4, -0.2) is 42.6 Å². The summed E-state index contributed by atoms with van der Waals surface area (Å²) in [4.78, 5) is 8.75. The molecule has 4 rings (SSSR count). The summed E-state index contributed by atoms with van der Waals surface area (Å²) in [7, 11) is 0. The van der Waals surface area contributed by atoms with E-state index in [2.05, 4.69) is 14.8 Å². The number of aromatic nitrogens is 1. The Morgan fingerprint density at radius 1 is 0.967 bits per heavy atom. The van der Waals surface area contributed by atoms with E-state index in [1.807, 2.05) is 18.2 Å². The zero-order chi connectivity index (χ0) is 21.1. The summed E-state index contributed by atoms with van der Waals surface area (Å²) in [6.07, 6.45) is -1.48. The lowest BCUT2D eigenvalue weighted by molar-refractivity contribution is -0.137. The molecule has 2 aromatic carbocycles. The van der Waals surface area contributed by atoms with Gasteiger partial charge in [0.15, 0.2) is 0 Å². The maximum Gasteiger partial charge on any atom is 0.416 e. The van der Waals surface area contributed by atoms with E-state index in [4.69, 9.17) is 0 Å². The molecule has 0 unspecified atom stereocenters. The minimum absolute atomic E-state index is 0.150. The molecule has 8 heteroatoms. The van der Waals surface area contributed by atoms with E-state index in [1.54, 1.807) is 12.1 Å². The van der Waals surface area contributed by atoms with E-state index in [9.17, 15) is 18.3 Å². The van der Waals surface area contributed by atoms with Crippen LogP contribution in [0.3, 0.4) is 0 Å². The van der Waals surface area contributed by atoms with Crippen LogP contribution in [0, 0.1) is 0 Å². The van der Waals surface area contributed by atoms with Gasteiger partial charge in [-0.3, -0.25) is 10.0 Å². The quantitative estimate of drug-likeness (QED) is 0.474. The van der Waals surface area contributed by atoms with Crippen LogP contribution in [0.25, 0.3) is 10.2 Å². The fourth-order valence-electron chi connectivity index (χ4n) is 3.84. The Kier molecular flexibility index (Phi) is 6.15. The third-order valence-electron chi connectivity index (χ3n) is 5.56. The van der Waals surface area contributed by atoms with E-state index >= 15 is 0 Å². The second-order valence-corrected chi connectivity index (χ2v) is 8.61. The fraction of sp³-hybridized carbons (Fsp3) is 0.409. The number of rotatable bonds is 6. The molecule has 30 heavy (non-hydrogen) atoms. The zero-order valence-corrected chi connectivity index (χ0v) is 17.3. The van der Waals surface area contributed by atoms with Gasteiger partial charge in [-0.1, -0.05) is 23.5 Å². The molecule has 0 N–H and O–H groups in total. The van der Waals surface area contributed by atoms with Crippen molar-refractivity contribution in [3.8, 4) is 5.19 Å². The van der Waals surface area contributed by atoms with E-state index in [0.29, 0.717) is 0 Å². The number of fused-ring (bicyclic) bond motifs is 1. The van der Waals surface area contributed by atoms with Gasteiger partial charge in [-0.25, -0.2) is 0 Å². The maximum atomic E-state index is 12.6. The standard InChI is InChI=1S/C22H23F3N3OS/c23-22(24,25)17-6-4-16(5-7-17)3-1-2-10-27-11-13-28(14-12-27)18-8-9-19-20(15-18)30-21(29)26-19/h4-9,15H,1-3,10-14H2. The Hall–Kier alpha value is -2.32. The van der Waals surface area contributed by atoms with Crippen molar-refractivity contribution in [3.63, 3.8) is 0 Å². The number of hydrogen-bond acceptors (Lipinski definition) is 4. The lowest BCUT2D eigenvalue weighted by Crippen LogP contribution is -2.46. The highest BCUT2D eigenvalue weighted by atomic mass is 32.1. The van der Waals surface area contributed by atoms with Gasteiger partial charge in [0.05, 0.1) is 15.8 Å². The number of alkyl halides is 3. The minimum atomic E-state index is -4.27. The van der Waals surface area contributed by atoms with E-state index < -0.39 is 11.7 Å². The van der Waals surface area contributed by atoms with Crippen molar-refractivity contribution in [2.45, 2.75) is 25.4 Å². The summed E-state index contributed by atoms with van der Waals surface area (Å²) in [6.45, 7) is 4.84. The van der Waals surface area contributed by atoms with Crippen LogP contribution in [0.2, 0.25) is 0 Å². The normalized spacial score (nSPS) is 15.8. The Bertz CT molecular complexity index is 979. The molecule has 1 aromatic heterocycles.